The number of rotatable bonds is 8. The number of ether oxygens (including phenoxy) is 1. The number of carbonyl (C=O) groups is 2. The number of anilines is 1. The molecule has 1 spiro atoms. The van der Waals surface area contributed by atoms with Crippen molar-refractivity contribution in [2.45, 2.75) is 37.6 Å². The van der Waals surface area contributed by atoms with Crippen LogP contribution in [0, 0.1) is 11.3 Å². The molecule has 3 amide bonds. The summed E-state index contributed by atoms with van der Waals surface area (Å²) in [4.78, 5) is 24.8. The normalized spacial score (nSPS) is 24.1. The minimum Gasteiger partial charge on any atom is -0.385 e. The van der Waals surface area contributed by atoms with Crippen LogP contribution in [0.5, 0.6) is 0 Å². The third-order valence-corrected chi connectivity index (χ3v) is 8.08. The number of hydrogen-bond acceptors (Lipinski definition) is 4. The van der Waals surface area contributed by atoms with E-state index in [1.165, 1.54) is 5.56 Å². The van der Waals surface area contributed by atoms with Crippen molar-refractivity contribution in [1.29, 1.82) is 0 Å². The van der Waals surface area contributed by atoms with Gasteiger partial charge in [0.15, 0.2) is 0 Å². The fraction of sp³-hybridized carbons (Fsp3) is 0.414. The molecule has 2 fully saturated rings. The molecule has 4 atom stereocenters. The first-order valence-electron chi connectivity index (χ1n) is 12.9. The van der Waals surface area contributed by atoms with Crippen LogP contribution in [0.1, 0.15) is 47.5 Å². The predicted molar refractivity (Wildman–Crippen MR) is 143 cm³/mol. The molecule has 3 aromatic rings. The minimum absolute atomic E-state index is 0.112. The lowest BCUT2D eigenvalue weighted by Crippen LogP contribution is -2.34. The van der Waals surface area contributed by atoms with E-state index in [1.807, 2.05) is 18.2 Å². The van der Waals surface area contributed by atoms with E-state index in [2.05, 4.69) is 51.4 Å². The first kappa shape index (κ1) is 25.0. The van der Waals surface area contributed by atoms with Gasteiger partial charge in [-0.2, -0.15) is 5.10 Å². The smallest absolute Gasteiger partial charge is 0.320 e. The molecule has 0 saturated heterocycles. The lowest BCUT2D eigenvalue weighted by molar-refractivity contribution is 0.0963. The number of benzene rings is 2. The lowest BCUT2D eigenvalue weighted by Gasteiger charge is -2.21. The summed E-state index contributed by atoms with van der Waals surface area (Å²) in [5.74, 6) is 1.53. The Morgan fingerprint density at radius 1 is 1.11 bits per heavy atom. The van der Waals surface area contributed by atoms with Crippen molar-refractivity contribution in [1.82, 2.24) is 20.4 Å². The van der Waals surface area contributed by atoms with Gasteiger partial charge < -0.3 is 15.4 Å². The lowest BCUT2D eigenvalue weighted by atomic mass is 9.85. The van der Waals surface area contributed by atoms with E-state index in [0.29, 0.717) is 23.2 Å². The molecule has 3 N–H and O–H groups in total. The summed E-state index contributed by atoms with van der Waals surface area (Å²) < 4.78 is 7.01. The van der Waals surface area contributed by atoms with E-state index in [-0.39, 0.29) is 23.4 Å². The summed E-state index contributed by atoms with van der Waals surface area (Å²) in [5.41, 5.74) is 3.66. The molecule has 2 aromatic carbocycles. The fourth-order valence-corrected chi connectivity index (χ4v) is 6.09. The number of urea groups is 1. The van der Waals surface area contributed by atoms with Gasteiger partial charge in [-0.1, -0.05) is 42.5 Å². The molecule has 8 nitrogen and oxygen atoms in total. The van der Waals surface area contributed by atoms with Gasteiger partial charge in [0.2, 0.25) is 0 Å². The molecule has 2 saturated carbocycles. The zero-order chi connectivity index (χ0) is 26.0. The fourth-order valence-electron chi connectivity index (χ4n) is 6.09. The summed E-state index contributed by atoms with van der Waals surface area (Å²) in [7, 11) is 5.17. The van der Waals surface area contributed by atoms with E-state index in [9.17, 15) is 9.59 Å². The van der Waals surface area contributed by atoms with Gasteiger partial charge in [-0.05, 0) is 60.6 Å². The van der Waals surface area contributed by atoms with Crippen LogP contribution in [0.4, 0.5) is 10.6 Å². The van der Waals surface area contributed by atoms with Crippen LogP contribution in [0.25, 0.3) is 11.3 Å². The molecular weight excluding hydrogens is 466 g/mol. The maximum absolute atomic E-state index is 13.0. The van der Waals surface area contributed by atoms with Gasteiger partial charge in [-0.3, -0.25) is 14.8 Å². The quantitative estimate of drug-likeness (QED) is 0.422. The average molecular weight is 502 g/mol. The number of aryl methyl sites for hydroxylation is 1. The molecule has 0 radical (unpaired) electrons. The molecule has 1 unspecified atom stereocenters. The molecule has 2 aliphatic rings. The highest BCUT2D eigenvalue weighted by molar-refractivity contribution is 5.94. The summed E-state index contributed by atoms with van der Waals surface area (Å²) in [6.07, 6.45) is 4.31. The Kier molecular flexibility index (Phi) is 7.02. The van der Waals surface area contributed by atoms with Gasteiger partial charge in [0, 0.05) is 51.0 Å². The Bertz CT molecular complexity index is 1260. The Morgan fingerprint density at radius 3 is 2.57 bits per heavy atom. The first-order valence-corrected chi connectivity index (χ1v) is 12.9. The van der Waals surface area contributed by atoms with Gasteiger partial charge in [0.1, 0.15) is 5.82 Å². The maximum atomic E-state index is 13.0. The summed E-state index contributed by atoms with van der Waals surface area (Å²) in [6, 6.07) is 19.7. The molecular formula is C29H35N5O3. The van der Waals surface area contributed by atoms with Crippen molar-refractivity contribution in [3.05, 3.63) is 71.8 Å². The van der Waals surface area contributed by atoms with Crippen molar-refractivity contribution in [2.75, 3.05) is 26.1 Å². The third-order valence-electron chi connectivity index (χ3n) is 8.08. The summed E-state index contributed by atoms with van der Waals surface area (Å²) in [5, 5.41) is 13.4. The molecule has 0 aliphatic heterocycles. The second-order valence-electron chi connectivity index (χ2n) is 10.3. The van der Waals surface area contributed by atoms with Crippen LogP contribution in [0.3, 0.4) is 0 Å². The van der Waals surface area contributed by atoms with E-state index < -0.39 is 0 Å². The molecule has 8 heteroatoms. The molecule has 0 bridgehead atoms. The monoisotopic (exact) mass is 501 g/mol. The van der Waals surface area contributed by atoms with Gasteiger partial charge in [-0.15, -0.1) is 0 Å². The van der Waals surface area contributed by atoms with Gasteiger partial charge >= 0.3 is 6.03 Å². The van der Waals surface area contributed by atoms with Gasteiger partial charge in [0.25, 0.3) is 5.91 Å². The number of aromatic nitrogens is 2. The van der Waals surface area contributed by atoms with E-state index in [0.717, 1.165) is 43.5 Å². The highest BCUT2D eigenvalue weighted by Gasteiger charge is 2.63. The number of nitrogens with zero attached hydrogens (tertiary/aromatic N) is 2. The number of carbonyl (C=O) groups excluding carboxylic acids is 2. The first-order chi connectivity index (χ1) is 17.9. The number of hydrogen-bond donors (Lipinski definition) is 3. The van der Waals surface area contributed by atoms with E-state index >= 15 is 0 Å². The van der Waals surface area contributed by atoms with Gasteiger partial charge in [0.05, 0.1) is 5.69 Å². The topological polar surface area (TPSA) is 97.3 Å². The average Bonchev–Trinajstić information content (AvgIpc) is 3.25. The number of nitrogens with one attached hydrogen (secondary N) is 3. The van der Waals surface area contributed by atoms with Crippen molar-refractivity contribution in [3.8, 4) is 11.3 Å². The van der Waals surface area contributed by atoms with Crippen molar-refractivity contribution in [3.63, 3.8) is 0 Å². The zero-order valence-electron chi connectivity index (χ0n) is 21.7. The highest BCUT2D eigenvalue weighted by atomic mass is 16.5. The molecule has 5 rings (SSSR count). The second kappa shape index (κ2) is 10.4. The second-order valence-corrected chi connectivity index (χ2v) is 10.3. The van der Waals surface area contributed by atoms with E-state index in [4.69, 9.17) is 4.74 Å². The summed E-state index contributed by atoms with van der Waals surface area (Å²) in [6.45, 7) is 0.776. The standard InChI is InChI=1S/C29H35N5O3/c1-30-27(35)22-11-9-21(10-12-22)24-16-26(34(2)33-24)32-28(36)31-25-18-29(25)17-19(13-14-37-3)15-23(29)20-7-5-4-6-8-20/h4-12,16,19,23,25H,13-15,17-18H2,1-3H3,(H,30,35)(H2,31,32,36)/t19-,23?,25-,29+/m0/s1. The Morgan fingerprint density at radius 2 is 1.86 bits per heavy atom. The SMILES string of the molecule is CNC(=O)c1ccc(-c2cc(NC(=O)N[C@H]3C[C@@]34C[C@@H](CCOC)CC4c3ccccc3)n(C)n2)cc1. The molecule has 1 heterocycles. The maximum Gasteiger partial charge on any atom is 0.320 e. The summed E-state index contributed by atoms with van der Waals surface area (Å²) >= 11 is 0. The van der Waals surface area contributed by atoms with Crippen LogP contribution in [-0.4, -0.2) is 48.5 Å². The third kappa shape index (κ3) is 5.11. The van der Waals surface area contributed by atoms with Crippen molar-refractivity contribution >= 4 is 17.8 Å². The molecule has 37 heavy (non-hydrogen) atoms. The molecule has 194 valence electrons. The largest absolute Gasteiger partial charge is 0.385 e. The van der Waals surface area contributed by atoms with Crippen molar-refractivity contribution in [2.24, 2.45) is 18.4 Å². The zero-order valence-corrected chi connectivity index (χ0v) is 21.7. The minimum atomic E-state index is -0.210. The van der Waals surface area contributed by atoms with E-state index in [1.54, 1.807) is 38.0 Å². The van der Waals surface area contributed by atoms with Crippen LogP contribution < -0.4 is 16.0 Å². The van der Waals surface area contributed by atoms with Crippen LogP contribution in [0.15, 0.2) is 60.7 Å². The van der Waals surface area contributed by atoms with Crippen LogP contribution in [0.2, 0.25) is 0 Å². The van der Waals surface area contributed by atoms with Crippen LogP contribution >= 0.6 is 0 Å². The highest BCUT2D eigenvalue weighted by Crippen LogP contribution is 2.67. The number of methoxy groups -OCH3 is 1. The van der Waals surface area contributed by atoms with Gasteiger partial charge in [-0.25, -0.2) is 4.79 Å². The Balaban J connectivity index is 1.25. The Labute approximate surface area is 217 Å². The molecule has 2 aliphatic carbocycles. The number of amides is 3. The molecule has 1 aromatic heterocycles. The van der Waals surface area contributed by atoms with Crippen LogP contribution in [-0.2, 0) is 11.8 Å². The Hall–Kier alpha value is -3.65. The predicted octanol–water partition coefficient (Wildman–Crippen LogP) is 4.56. The van der Waals surface area contributed by atoms with Crippen molar-refractivity contribution < 1.29 is 14.3 Å².